The normalized spacial score (nSPS) is 10.9. The fourth-order valence-electron chi connectivity index (χ4n) is 0.839. The maximum absolute atomic E-state index is 3.90. The van der Waals surface area contributed by atoms with Gasteiger partial charge in [-0.1, -0.05) is 25.3 Å². The summed E-state index contributed by atoms with van der Waals surface area (Å²) in [6, 6.07) is 7.30. The van der Waals surface area contributed by atoms with E-state index in [0.717, 1.165) is 0 Å². The van der Waals surface area contributed by atoms with Gasteiger partial charge >= 0.3 is 0 Å². The Kier molecular flexibility index (Phi) is 3.94. The van der Waals surface area contributed by atoms with Crippen LogP contribution in [0, 0.1) is 0 Å². The average Bonchev–Trinajstić information content (AvgIpc) is 2.24. The van der Waals surface area contributed by atoms with E-state index < -0.39 is 0 Å². The second kappa shape index (κ2) is 5.53. The Labute approximate surface area is 82.4 Å². The molecule has 0 atom stereocenters. The first-order valence-corrected chi connectivity index (χ1v) is 4.01. The molecular weight excluding hydrogens is 176 g/mol. The SMILES string of the molecule is C=CN=Nc1ccccc1N=NC=C. The highest BCUT2D eigenvalue weighted by Crippen LogP contribution is 2.27. The number of hydrogen-bond acceptors (Lipinski definition) is 4. The number of hydrogen-bond donors (Lipinski definition) is 0. The first-order chi connectivity index (χ1) is 6.88. The quantitative estimate of drug-likeness (QED) is 0.634. The predicted molar refractivity (Wildman–Crippen MR) is 55.9 cm³/mol. The Hall–Kier alpha value is -2.10. The molecule has 0 heterocycles. The number of benzene rings is 1. The van der Waals surface area contributed by atoms with Crippen LogP contribution in [0.5, 0.6) is 0 Å². The minimum Gasteiger partial charge on any atom is -0.159 e. The molecule has 0 N–H and O–H groups in total. The van der Waals surface area contributed by atoms with Gasteiger partial charge in [-0.25, -0.2) is 0 Å². The summed E-state index contributed by atoms with van der Waals surface area (Å²) in [6.45, 7) is 6.87. The predicted octanol–water partition coefficient (Wildman–Crippen LogP) is 4.14. The van der Waals surface area contributed by atoms with Gasteiger partial charge in [0.05, 0.1) is 0 Å². The third kappa shape index (κ3) is 2.75. The summed E-state index contributed by atoms with van der Waals surface area (Å²) in [5, 5.41) is 15.1. The molecular formula is C10H10N4. The summed E-state index contributed by atoms with van der Waals surface area (Å²) in [5.41, 5.74) is 1.30. The molecule has 0 spiro atoms. The van der Waals surface area contributed by atoms with E-state index >= 15 is 0 Å². The van der Waals surface area contributed by atoms with Gasteiger partial charge in [0.15, 0.2) is 0 Å². The Morgan fingerprint density at radius 2 is 1.29 bits per heavy atom. The molecule has 0 radical (unpaired) electrons. The van der Waals surface area contributed by atoms with Gasteiger partial charge in [-0.2, -0.15) is 10.2 Å². The van der Waals surface area contributed by atoms with Crippen molar-refractivity contribution in [3.05, 3.63) is 49.8 Å². The molecule has 1 rings (SSSR count). The minimum absolute atomic E-state index is 0.651. The standard InChI is InChI=1S/C10H10N4/c1-3-11-13-9-7-5-6-8-10(9)14-12-4-2/h3-8H,1-2H2. The van der Waals surface area contributed by atoms with Crippen LogP contribution in [0.25, 0.3) is 0 Å². The molecule has 14 heavy (non-hydrogen) atoms. The summed E-state index contributed by atoms with van der Waals surface area (Å²) in [5.74, 6) is 0. The Bertz CT molecular complexity index is 342. The highest BCUT2D eigenvalue weighted by Gasteiger charge is 1.96. The second-order valence-electron chi connectivity index (χ2n) is 2.28. The van der Waals surface area contributed by atoms with E-state index in [0.29, 0.717) is 11.4 Å². The lowest BCUT2D eigenvalue weighted by Gasteiger charge is -1.94. The summed E-state index contributed by atoms with van der Waals surface area (Å²) in [4.78, 5) is 0. The van der Waals surface area contributed by atoms with Gasteiger partial charge in [0.1, 0.15) is 11.4 Å². The average molecular weight is 186 g/mol. The fraction of sp³-hybridized carbons (Fsp3) is 0. The van der Waals surface area contributed by atoms with E-state index in [4.69, 9.17) is 0 Å². The van der Waals surface area contributed by atoms with Crippen molar-refractivity contribution in [2.45, 2.75) is 0 Å². The van der Waals surface area contributed by atoms with Gasteiger partial charge in [-0.15, -0.1) is 10.2 Å². The highest BCUT2D eigenvalue weighted by atomic mass is 15.1. The molecule has 4 nitrogen and oxygen atoms in total. The van der Waals surface area contributed by atoms with E-state index in [-0.39, 0.29) is 0 Å². The summed E-state index contributed by atoms with van der Waals surface area (Å²) in [6.07, 6.45) is 2.73. The van der Waals surface area contributed by atoms with Crippen LogP contribution in [0.2, 0.25) is 0 Å². The lowest BCUT2D eigenvalue weighted by Crippen LogP contribution is -1.65. The van der Waals surface area contributed by atoms with Crippen LogP contribution >= 0.6 is 0 Å². The van der Waals surface area contributed by atoms with Gasteiger partial charge in [0.2, 0.25) is 0 Å². The first kappa shape index (κ1) is 9.98. The van der Waals surface area contributed by atoms with Crippen molar-refractivity contribution in [2.75, 3.05) is 0 Å². The molecule has 0 fully saturated rings. The summed E-state index contributed by atoms with van der Waals surface area (Å²) in [7, 11) is 0. The van der Waals surface area contributed by atoms with Gasteiger partial charge in [0.25, 0.3) is 0 Å². The van der Waals surface area contributed by atoms with E-state index in [1.54, 1.807) is 12.1 Å². The van der Waals surface area contributed by atoms with Crippen LogP contribution in [0.15, 0.2) is 70.3 Å². The van der Waals surface area contributed by atoms with Crippen molar-refractivity contribution >= 4 is 11.4 Å². The third-order valence-corrected chi connectivity index (χ3v) is 1.38. The summed E-state index contributed by atoms with van der Waals surface area (Å²) >= 11 is 0. The molecule has 1 aromatic carbocycles. The van der Waals surface area contributed by atoms with E-state index in [1.807, 2.05) is 12.1 Å². The molecule has 1 aromatic rings. The molecule has 4 heteroatoms. The molecule has 0 saturated carbocycles. The second-order valence-corrected chi connectivity index (χ2v) is 2.28. The monoisotopic (exact) mass is 186 g/mol. The fourth-order valence-corrected chi connectivity index (χ4v) is 0.839. The third-order valence-electron chi connectivity index (χ3n) is 1.38. The van der Waals surface area contributed by atoms with Crippen molar-refractivity contribution in [3.63, 3.8) is 0 Å². The van der Waals surface area contributed by atoms with Crippen LogP contribution in [0.4, 0.5) is 11.4 Å². The zero-order valence-electron chi connectivity index (χ0n) is 7.67. The Morgan fingerprint density at radius 3 is 1.64 bits per heavy atom. The maximum Gasteiger partial charge on any atom is 0.113 e. The molecule has 70 valence electrons. The van der Waals surface area contributed by atoms with E-state index in [1.165, 1.54) is 12.4 Å². The van der Waals surface area contributed by atoms with Crippen LogP contribution in [0.3, 0.4) is 0 Å². The molecule has 0 aromatic heterocycles. The molecule has 0 bridgehead atoms. The van der Waals surface area contributed by atoms with Crippen molar-refractivity contribution in [2.24, 2.45) is 20.5 Å². The molecule has 0 amide bonds. The van der Waals surface area contributed by atoms with E-state index in [2.05, 4.69) is 33.6 Å². The van der Waals surface area contributed by atoms with Gasteiger partial charge in [-0.05, 0) is 12.1 Å². The lowest BCUT2D eigenvalue weighted by molar-refractivity contribution is 1.18. The first-order valence-electron chi connectivity index (χ1n) is 4.01. The van der Waals surface area contributed by atoms with Crippen LogP contribution < -0.4 is 0 Å². The van der Waals surface area contributed by atoms with Crippen molar-refractivity contribution in [1.29, 1.82) is 0 Å². The molecule has 0 aliphatic heterocycles. The van der Waals surface area contributed by atoms with Crippen LogP contribution in [0.1, 0.15) is 0 Å². The number of nitrogens with zero attached hydrogens (tertiary/aromatic N) is 4. The van der Waals surface area contributed by atoms with E-state index in [9.17, 15) is 0 Å². The topological polar surface area (TPSA) is 49.4 Å². The lowest BCUT2D eigenvalue weighted by atomic mass is 10.3. The van der Waals surface area contributed by atoms with Crippen molar-refractivity contribution in [1.82, 2.24) is 0 Å². The molecule has 0 aliphatic rings. The van der Waals surface area contributed by atoms with Crippen molar-refractivity contribution < 1.29 is 0 Å². The summed E-state index contributed by atoms with van der Waals surface area (Å²) < 4.78 is 0. The number of rotatable bonds is 4. The maximum atomic E-state index is 3.90. The van der Waals surface area contributed by atoms with Crippen molar-refractivity contribution in [3.8, 4) is 0 Å². The molecule has 0 saturated heterocycles. The largest absolute Gasteiger partial charge is 0.159 e. The molecule has 0 unspecified atom stereocenters. The minimum atomic E-state index is 0.651. The smallest absolute Gasteiger partial charge is 0.113 e. The zero-order chi connectivity index (χ0) is 10.2. The van der Waals surface area contributed by atoms with Crippen LogP contribution in [-0.2, 0) is 0 Å². The Morgan fingerprint density at radius 1 is 0.857 bits per heavy atom. The molecule has 0 aliphatic carbocycles. The van der Waals surface area contributed by atoms with Gasteiger partial charge < -0.3 is 0 Å². The Balaban J connectivity index is 3.02. The highest BCUT2D eigenvalue weighted by molar-refractivity contribution is 5.60. The zero-order valence-corrected chi connectivity index (χ0v) is 7.67. The van der Waals surface area contributed by atoms with Gasteiger partial charge in [-0.3, -0.25) is 0 Å². The van der Waals surface area contributed by atoms with Gasteiger partial charge in [0, 0.05) is 12.4 Å². The number of azo groups is 2. The van der Waals surface area contributed by atoms with Crippen LogP contribution in [-0.4, -0.2) is 0 Å².